The molecule has 1 aliphatic rings. The average Bonchev–Trinajstić information content (AvgIpc) is 3.25. The number of hydrogen-bond acceptors (Lipinski definition) is 6. The molecule has 9 heteroatoms. The third-order valence-corrected chi connectivity index (χ3v) is 8.70. The molecule has 38 heavy (non-hydrogen) atoms. The predicted octanol–water partition coefficient (Wildman–Crippen LogP) is 7.66. The molecule has 6 nitrogen and oxygen atoms in total. The van der Waals surface area contributed by atoms with Crippen LogP contribution in [0, 0.1) is 6.92 Å². The maximum absolute atomic E-state index is 14.1. The normalized spacial score (nSPS) is 14.9. The summed E-state index contributed by atoms with van der Waals surface area (Å²) in [4.78, 5) is 25.2. The third-order valence-electron chi connectivity index (χ3n) is 6.95. The van der Waals surface area contributed by atoms with Crippen LogP contribution in [0.15, 0.2) is 58.5 Å². The molecule has 1 aliphatic carbocycles. The molecule has 5 aromatic rings. The van der Waals surface area contributed by atoms with Gasteiger partial charge in [-0.3, -0.25) is 9.20 Å². The van der Waals surface area contributed by atoms with Crippen LogP contribution >= 0.6 is 34.5 Å². The highest BCUT2D eigenvalue weighted by Gasteiger charge is 2.26. The van der Waals surface area contributed by atoms with E-state index in [0.29, 0.717) is 42.3 Å². The van der Waals surface area contributed by atoms with Crippen molar-refractivity contribution >= 4 is 67.9 Å². The van der Waals surface area contributed by atoms with Gasteiger partial charge < -0.3 is 5.21 Å². The quantitative estimate of drug-likeness (QED) is 0.139. The number of hydrogen-bond donors (Lipinski definition) is 1. The molecule has 0 unspecified atom stereocenters. The third kappa shape index (κ3) is 4.11. The van der Waals surface area contributed by atoms with E-state index in [4.69, 9.17) is 33.2 Å². The smallest absolute Gasteiger partial charge is 0.268 e. The van der Waals surface area contributed by atoms with E-state index in [1.807, 2.05) is 55.5 Å². The molecule has 0 fully saturated rings. The Hall–Kier alpha value is -3.52. The van der Waals surface area contributed by atoms with E-state index in [-0.39, 0.29) is 5.56 Å². The van der Waals surface area contributed by atoms with Crippen LogP contribution in [0.5, 0.6) is 0 Å². The maximum atomic E-state index is 14.1. The Bertz CT molecular complexity index is 1850. The van der Waals surface area contributed by atoms with Crippen LogP contribution < -0.4 is 5.56 Å². The number of allylic oxidation sites excluding steroid dienone is 1. The van der Waals surface area contributed by atoms with E-state index in [2.05, 4.69) is 11.2 Å². The minimum Gasteiger partial charge on any atom is -0.411 e. The zero-order chi connectivity index (χ0) is 26.6. The van der Waals surface area contributed by atoms with E-state index in [0.717, 1.165) is 52.8 Å². The number of aryl methyl sites for hydroxylation is 1. The van der Waals surface area contributed by atoms with E-state index in [1.165, 1.54) is 11.3 Å². The van der Waals surface area contributed by atoms with Crippen molar-refractivity contribution in [3.05, 3.63) is 96.3 Å². The van der Waals surface area contributed by atoms with Crippen molar-refractivity contribution in [2.75, 3.05) is 0 Å². The monoisotopic (exact) mass is 560 g/mol. The summed E-state index contributed by atoms with van der Waals surface area (Å²) in [5.41, 5.74) is 7.09. The Balaban J connectivity index is 1.71. The van der Waals surface area contributed by atoms with E-state index < -0.39 is 0 Å². The Morgan fingerprint density at radius 1 is 1.05 bits per heavy atom. The lowest BCUT2D eigenvalue weighted by Crippen LogP contribution is -2.19. The molecule has 0 bridgehead atoms. The van der Waals surface area contributed by atoms with Gasteiger partial charge in [-0.15, -0.1) is 0 Å². The zero-order valence-electron chi connectivity index (χ0n) is 20.6. The van der Waals surface area contributed by atoms with Gasteiger partial charge in [0.1, 0.15) is 0 Å². The van der Waals surface area contributed by atoms with Gasteiger partial charge in [0.25, 0.3) is 5.56 Å². The molecule has 0 saturated heterocycles. The van der Waals surface area contributed by atoms with Gasteiger partial charge in [0.05, 0.1) is 21.7 Å². The number of thiazole rings is 1. The van der Waals surface area contributed by atoms with Gasteiger partial charge in [-0.25, -0.2) is 4.98 Å². The van der Waals surface area contributed by atoms with Gasteiger partial charge in [-0.05, 0) is 85.7 Å². The van der Waals surface area contributed by atoms with Gasteiger partial charge in [-0.1, -0.05) is 64.0 Å². The second-order valence-corrected chi connectivity index (χ2v) is 11.2. The first kappa shape index (κ1) is 24.8. The summed E-state index contributed by atoms with van der Waals surface area (Å²) in [6.45, 7) is 3.54. The van der Waals surface area contributed by atoms with Gasteiger partial charge in [0.15, 0.2) is 10.6 Å². The van der Waals surface area contributed by atoms with Crippen molar-refractivity contribution in [2.24, 2.45) is 5.16 Å². The standard InChI is InChI=1S/C29H22Cl2N4O2S/c1-15(34-37)26-16(2)35-28(36)24-23(18-8-12-21(31)13-9-18)22-5-3-4-19(14-17-6-10-20(30)11-7-17)25(22)32-27(24)33-29(35)38-26/h6-14,37H,3-5H2,1-2H3/b19-14-,34-15-. The number of aromatic nitrogens is 3. The minimum atomic E-state index is -0.190. The van der Waals surface area contributed by atoms with Crippen molar-refractivity contribution in [2.45, 2.75) is 33.1 Å². The number of nitrogens with zero attached hydrogens (tertiary/aromatic N) is 4. The van der Waals surface area contributed by atoms with Crippen molar-refractivity contribution in [1.29, 1.82) is 0 Å². The molecule has 0 atom stereocenters. The largest absolute Gasteiger partial charge is 0.411 e. The maximum Gasteiger partial charge on any atom is 0.268 e. The summed E-state index contributed by atoms with van der Waals surface area (Å²) >= 11 is 13.6. The molecule has 2 aromatic carbocycles. The van der Waals surface area contributed by atoms with Crippen LogP contribution in [0.2, 0.25) is 10.0 Å². The van der Waals surface area contributed by atoms with E-state index in [1.54, 1.807) is 11.3 Å². The SMILES string of the molecule is C/C(=N/O)c1sc2nc3nc4c(c(-c5ccc(Cl)cc5)c3c(=O)n2c1C)CCC/C4=C/c1ccc(Cl)cc1. The topological polar surface area (TPSA) is 79.8 Å². The second-order valence-electron chi connectivity index (χ2n) is 9.33. The summed E-state index contributed by atoms with van der Waals surface area (Å²) in [5, 5.41) is 14.5. The highest BCUT2D eigenvalue weighted by Crippen LogP contribution is 2.40. The number of pyridine rings is 1. The van der Waals surface area contributed by atoms with Crippen LogP contribution in [-0.2, 0) is 6.42 Å². The number of benzene rings is 2. The number of rotatable bonds is 3. The molecule has 3 heterocycles. The van der Waals surface area contributed by atoms with Crippen molar-refractivity contribution in [3.8, 4) is 11.1 Å². The lowest BCUT2D eigenvalue weighted by atomic mass is 9.84. The Kier molecular flexibility index (Phi) is 6.30. The lowest BCUT2D eigenvalue weighted by molar-refractivity contribution is 0.319. The van der Waals surface area contributed by atoms with Crippen molar-refractivity contribution in [1.82, 2.24) is 14.4 Å². The first-order valence-corrected chi connectivity index (χ1v) is 13.7. The first-order valence-electron chi connectivity index (χ1n) is 12.2. The lowest BCUT2D eigenvalue weighted by Gasteiger charge is -2.23. The Labute approximate surface area is 232 Å². The van der Waals surface area contributed by atoms with Crippen LogP contribution in [0.4, 0.5) is 0 Å². The number of oxime groups is 1. The molecular formula is C29H22Cl2N4O2S. The number of fused-ring (bicyclic) bond motifs is 3. The van der Waals surface area contributed by atoms with Crippen LogP contribution in [0.1, 0.15) is 47.2 Å². The highest BCUT2D eigenvalue weighted by atomic mass is 35.5. The molecule has 0 aliphatic heterocycles. The fourth-order valence-corrected chi connectivity index (χ4v) is 6.47. The Morgan fingerprint density at radius 3 is 2.42 bits per heavy atom. The summed E-state index contributed by atoms with van der Waals surface area (Å²) in [5.74, 6) is 0. The zero-order valence-corrected chi connectivity index (χ0v) is 23.0. The molecule has 0 saturated carbocycles. The van der Waals surface area contributed by atoms with E-state index in [9.17, 15) is 10.0 Å². The van der Waals surface area contributed by atoms with Gasteiger partial charge in [0.2, 0.25) is 0 Å². The van der Waals surface area contributed by atoms with Gasteiger partial charge in [0, 0.05) is 21.3 Å². The van der Waals surface area contributed by atoms with Crippen molar-refractivity contribution in [3.63, 3.8) is 0 Å². The molecule has 1 N–H and O–H groups in total. The van der Waals surface area contributed by atoms with Crippen molar-refractivity contribution < 1.29 is 5.21 Å². The Morgan fingerprint density at radius 2 is 1.74 bits per heavy atom. The fraction of sp³-hybridized carbons (Fsp3) is 0.172. The van der Waals surface area contributed by atoms with Crippen LogP contribution in [-0.4, -0.2) is 25.3 Å². The first-order chi connectivity index (χ1) is 18.4. The average molecular weight is 561 g/mol. The summed E-state index contributed by atoms with van der Waals surface area (Å²) in [7, 11) is 0. The predicted molar refractivity (Wildman–Crippen MR) is 156 cm³/mol. The number of halogens is 2. The van der Waals surface area contributed by atoms with Gasteiger partial charge in [-0.2, -0.15) is 4.98 Å². The minimum absolute atomic E-state index is 0.190. The molecule has 0 radical (unpaired) electrons. The molecule has 0 spiro atoms. The summed E-state index contributed by atoms with van der Waals surface area (Å²) in [6, 6.07) is 15.3. The summed E-state index contributed by atoms with van der Waals surface area (Å²) in [6.07, 6.45) is 4.73. The van der Waals surface area contributed by atoms with Crippen LogP contribution in [0.25, 0.3) is 38.8 Å². The molecule has 0 amide bonds. The fourth-order valence-electron chi connectivity index (χ4n) is 5.16. The highest BCUT2D eigenvalue weighted by molar-refractivity contribution is 7.19. The second kappa shape index (κ2) is 9.66. The van der Waals surface area contributed by atoms with Gasteiger partial charge >= 0.3 is 0 Å². The van der Waals surface area contributed by atoms with Crippen LogP contribution in [0.3, 0.4) is 0 Å². The molecule has 6 rings (SSSR count). The molecule has 190 valence electrons. The molecular weight excluding hydrogens is 539 g/mol. The van der Waals surface area contributed by atoms with E-state index >= 15 is 0 Å². The summed E-state index contributed by atoms with van der Waals surface area (Å²) < 4.78 is 1.60. The molecule has 3 aromatic heterocycles.